The van der Waals surface area contributed by atoms with Crippen molar-refractivity contribution < 1.29 is 5.11 Å². The molecule has 1 rings (SSSR count). The fourth-order valence-corrected chi connectivity index (χ4v) is 0.897. The Morgan fingerprint density at radius 3 is 2.25 bits per heavy atom. The number of aliphatic hydroxyl groups excluding tert-OH is 1. The third-order valence-corrected chi connectivity index (χ3v) is 1.48. The molecular formula is C6H13NO. The van der Waals surface area contributed by atoms with Crippen molar-refractivity contribution in [1.29, 1.82) is 0 Å². The molecular weight excluding hydrogens is 102 g/mol. The van der Waals surface area contributed by atoms with Gasteiger partial charge in [-0.05, 0) is 26.4 Å². The van der Waals surface area contributed by atoms with Gasteiger partial charge in [-0.2, -0.15) is 0 Å². The van der Waals surface area contributed by atoms with Gasteiger partial charge in [0.15, 0.2) is 0 Å². The van der Waals surface area contributed by atoms with Crippen LogP contribution in [0.15, 0.2) is 0 Å². The molecule has 0 aromatic rings. The van der Waals surface area contributed by atoms with Crippen LogP contribution in [0.25, 0.3) is 0 Å². The second-order valence-corrected chi connectivity index (χ2v) is 2.83. The number of aliphatic hydroxyl groups is 1. The molecule has 0 aliphatic heterocycles. The lowest BCUT2D eigenvalue weighted by Crippen LogP contribution is -2.15. The fraction of sp³-hybridized carbons (Fsp3) is 1.00. The summed E-state index contributed by atoms with van der Waals surface area (Å²) in [7, 11) is 4.07. The van der Waals surface area contributed by atoms with Crippen LogP contribution in [0.2, 0.25) is 0 Å². The summed E-state index contributed by atoms with van der Waals surface area (Å²) in [5, 5.41) is 8.85. The molecule has 0 heterocycles. The summed E-state index contributed by atoms with van der Waals surface area (Å²) in [6.45, 7) is 1.04. The van der Waals surface area contributed by atoms with E-state index in [9.17, 15) is 0 Å². The van der Waals surface area contributed by atoms with Crippen LogP contribution in [0, 0.1) is 5.92 Å². The van der Waals surface area contributed by atoms with Gasteiger partial charge in [0.05, 0.1) is 6.10 Å². The predicted molar refractivity (Wildman–Crippen MR) is 32.7 cm³/mol. The summed E-state index contributed by atoms with van der Waals surface area (Å²) in [4.78, 5) is 2.11. The highest BCUT2D eigenvalue weighted by Gasteiger charge is 2.34. The van der Waals surface area contributed by atoms with Crippen molar-refractivity contribution in [3.05, 3.63) is 0 Å². The average Bonchev–Trinajstić information content (AvgIpc) is 2.17. The zero-order valence-corrected chi connectivity index (χ0v) is 5.46. The molecule has 0 amide bonds. The third kappa shape index (κ3) is 1.46. The van der Waals surface area contributed by atoms with Gasteiger partial charge in [0.25, 0.3) is 0 Å². The molecule has 0 radical (unpaired) electrons. The molecule has 48 valence electrons. The fourth-order valence-electron chi connectivity index (χ4n) is 0.897. The number of hydrogen-bond donors (Lipinski definition) is 1. The molecule has 1 aliphatic rings. The van der Waals surface area contributed by atoms with E-state index >= 15 is 0 Å². The standard InChI is InChI=1S/C6H13NO/c1-7(2)4-5-3-6(5)8/h5-6,8H,3-4H2,1-2H3. The Kier molecular flexibility index (Phi) is 1.54. The van der Waals surface area contributed by atoms with E-state index in [-0.39, 0.29) is 6.10 Å². The van der Waals surface area contributed by atoms with Gasteiger partial charge < -0.3 is 10.0 Å². The van der Waals surface area contributed by atoms with Gasteiger partial charge in [-0.25, -0.2) is 0 Å². The minimum Gasteiger partial charge on any atom is -0.393 e. The van der Waals surface area contributed by atoms with Crippen LogP contribution >= 0.6 is 0 Å². The van der Waals surface area contributed by atoms with E-state index < -0.39 is 0 Å². The number of rotatable bonds is 2. The molecule has 0 spiro atoms. The van der Waals surface area contributed by atoms with Gasteiger partial charge >= 0.3 is 0 Å². The van der Waals surface area contributed by atoms with Crippen LogP contribution in [-0.2, 0) is 0 Å². The van der Waals surface area contributed by atoms with Crippen LogP contribution < -0.4 is 0 Å². The maximum Gasteiger partial charge on any atom is 0.0585 e. The van der Waals surface area contributed by atoms with Crippen LogP contribution in [0.5, 0.6) is 0 Å². The molecule has 0 aromatic carbocycles. The quantitative estimate of drug-likeness (QED) is 0.544. The Morgan fingerprint density at radius 1 is 1.62 bits per heavy atom. The normalized spacial score (nSPS) is 36.0. The Bertz CT molecular complexity index is 82.6. The van der Waals surface area contributed by atoms with Crippen LogP contribution in [0.3, 0.4) is 0 Å². The topological polar surface area (TPSA) is 23.5 Å². The smallest absolute Gasteiger partial charge is 0.0585 e. The predicted octanol–water partition coefficient (Wildman–Crippen LogP) is -0.0712. The molecule has 0 bridgehead atoms. The number of hydrogen-bond acceptors (Lipinski definition) is 2. The largest absolute Gasteiger partial charge is 0.393 e. The van der Waals surface area contributed by atoms with E-state index in [1.54, 1.807) is 0 Å². The van der Waals surface area contributed by atoms with E-state index in [1.807, 2.05) is 14.1 Å². The molecule has 2 atom stereocenters. The maximum atomic E-state index is 8.85. The van der Waals surface area contributed by atoms with Crippen molar-refractivity contribution in [2.45, 2.75) is 12.5 Å². The first kappa shape index (κ1) is 6.05. The van der Waals surface area contributed by atoms with Gasteiger partial charge in [-0.3, -0.25) is 0 Å². The Balaban J connectivity index is 2.05. The lowest BCUT2D eigenvalue weighted by molar-refractivity contribution is 0.243. The van der Waals surface area contributed by atoms with E-state index in [0.717, 1.165) is 13.0 Å². The zero-order valence-electron chi connectivity index (χ0n) is 5.46. The van der Waals surface area contributed by atoms with E-state index in [0.29, 0.717) is 5.92 Å². The second-order valence-electron chi connectivity index (χ2n) is 2.83. The van der Waals surface area contributed by atoms with Gasteiger partial charge in [0, 0.05) is 6.54 Å². The highest BCUT2D eigenvalue weighted by atomic mass is 16.3. The molecule has 8 heavy (non-hydrogen) atoms. The summed E-state index contributed by atoms with van der Waals surface area (Å²) >= 11 is 0. The second kappa shape index (κ2) is 2.03. The van der Waals surface area contributed by atoms with Gasteiger partial charge in [0.1, 0.15) is 0 Å². The van der Waals surface area contributed by atoms with E-state index in [1.165, 1.54) is 0 Å². The van der Waals surface area contributed by atoms with E-state index in [4.69, 9.17) is 5.11 Å². The minimum absolute atomic E-state index is 0.0115. The number of nitrogens with zero attached hydrogens (tertiary/aromatic N) is 1. The average molecular weight is 115 g/mol. The molecule has 0 aromatic heterocycles. The molecule has 2 nitrogen and oxygen atoms in total. The maximum absolute atomic E-state index is 8.85. The molecule has 1 saturated carbocycles. The Labute approximate surface area is 50.1 Å². The van der Waals surface area contributed by atoms with Crippen molar-refractivity contribution >= 4 is 0 Å². The minimum atomic E-state index is 0.0115. The molecule has 0 saturated heterocycles. The van der Waals surface area contributed by atoms with E-state index in [2.05, 4.69) is 4.90 Å². The van der Waals surface area contributed by atoms with Crippen molar-refractivity contribution in [3.8, 4) is 0 Å². The lowest BCUT2D eigenvalue weighted by Gasteiger charge is -2.06. The highest BCUT2D eigenvalue weighted by Crippen LogP contribution is 2.29. The summed E-state index contributed by atoms with van der Waals surface area (Å²) in [6, 6.07) is 0. The first-order valence-electron chi connectivity index (χ1n) is 3.03. The first-order chi connectivity index (χ1) is 3.70. The van der Waals surface area contributed by atoms with Crippen molar-refractivity contribution in [1.82, 2.24) is 4.90 Å². The zero-order chi connectivity index (χ0) is 6.15. The summed E-state index contributed by atoms with van der Waals surface area (Å²) in [5.41, 5.74) is 0. The van der Waals surface area contributed by atoms with Gasteiger partial charge in [0.2, 0.25) is 0 Å². The molecule has 2 heteroatoms. The first-order valence-corrected chi connectivity index (χ1v) is 3.03. The lowest BCUT2D eigenvalue weighted by atomic mass is 10.4. The SMILES string of the molecule is CN(C)CC1CC1O. The summed E-state index contributed by atoms with van der Waals surface area (Å²) < 4.78 is 0. The van der Waals surface area contributed by atoms with Crippen molar-refractivity contribution in [2.24, 2.45) is 5.92 Å². The van der Waals surface area contributed by atoms with Gasteiger partial charge in [-0.1, -0.05) is 0 Å². The van der Waals surface area contributed by atoms with Crippen LogP contribution in [-0.4, -0.2) is 36.8 Å². The molecule has 1 fully saturated rings. The van der Waals surface area contributed by atoms with Crippen molar-refractivity contribution in [3.63, 3.8) is 0 Å². The van der Waals surface area contributed by atoms with Gasteiger partial charge in [-0.15, -0.1) is 0 Å². The molecule has 2 unspecified atom stereocenters. The molecule has 1 aliphatic carbocycles. The van der Waals surface area contributed by atoms with Crippen molar-refractivity contribution in [2.75, 3.05) is 20.6 Å². The monoisotopic (exact) mass is 115 g/mol. The molecule has 1 N–H and O–H groups in total. The Hall–Kier alpha value is -0.0800. The third-order valence-electron chi connectivity index (χ3n) is 1.48. The highest BCUT2D eigenvalue weighted by molar-refractivity contribution is 4.86. The summed E-state index contributed by atoms with van der Waals surface area (Å²) in [6.07, 6.45) is 1.02. The summed E-state index contributed by atoms with van der Waals surface area (Å²) in [5.74, 6) is 0.574. The van der Waals surface area contributed by atoms with Crippen LogP contribution in [0.4, 0.5) is 0 Å². The Morgan fingerprint density at radius 2 is 2.12 bits per heavy atom. The van der Waals surface area contributed by atoms with Crippen LogP contribution in [0.1, 0.15) is 6.42 Å².